The van der Waals surface area contributed by atoms with Crippen molar-refractivity contribution in [3.63, 3.8) is 0 Å². The van der Waals surface area contributed by atoms with Crippen molar-refractivity contribution in [2.24, 2.45) is 0 Å². The summed E-state index contributed by atoms with van der Waals surface area (Å²) in [5, 5.41) is 11.9. The normalized spacial score (nSPS) is 10.4. The monoisotopic (exact) mass is 234 g/mol. The van der Waals surface area contributed by atoms with Crippen LogP contribution >= 0.6 is 0 Å². The Bertz CT molecular complexity index is 534. The average Bonchev–Trinajstić information content (AvgIpc) is 2.71. The number of benzene rings is 1. The highest BCUT2D eigenvalue weighted by Crippen LogP contribution is 2.23. The highest BCUT2D eigenvalue weighted by molar-refractivity contribution is 5.84. The third-order valence-electron chi connectivity index (χ3n) is 2.65. The van der Waals surface area contributed by atoms with E-state index in [2.05, 4.69) is 10.3 Å². The van der Waals surface area contributed by atoms with Crippen molar-refractivity contribution in [2.45, 2.75) is 6.42 Å². The Morgan fingerprint density at radius 2 is 2.35 bits per heavy atom. The number of carbonyl (C=O) groups is 1. The minimum absolute atomic E-state index is 0.402. The maximum atomic E-state index is 10.4. The van der Waals surface area contributed by atoms with Gasteiger partial charge in [-0.1, -0.05) is 0 Å². The van der Waals surface area contributed by atoms with Gasteiger partial charge in [-0.2, -0.15) is 0 Å². The number of H-pyrrole nitrogens is 1. The highest BCUT2D eigenvalue weighted by atomic mass is 16.5. The number of rotatable bonds is 4. The number of ether oxygens (including phenoxy) is 1. The van der Waals surface area contributed by atoms with E-state index < -0.39 is 6.09 Å². The number of aromatic amines is 1. The molecule has 0 aliphatic carbocycles. The van der Waals surface area contributed by atoms with Crippen LogP contribution in [0.15, 0.2) is 24.4 Å². The molecule has 2 rings (SSSR count). The number of hydrogen-bond donors (Lipinski definition) is 3. The number of amides is 1. The molecule has 0 aliphatic rings. The lowest BCUT2D eigenvalue weighted by molar-refractivity contribution is 0.194. The van der Waals surface area contributed by atoms with E-state index in [1.54, 1.807) is 7.11 Å². The SMILES string of the molecule is COc1ccc2[nH]cc(CCNC(=O)O)c2c1. The second-order valence-corrected chi connectivity index (χ2v) is 3.71. The molecule has 3 N–H and O–H groups in total. The number of hydrogen-bond acceptors (Lipinski definition) is 2. The zero-order valence-corrected chi connectivity index (χ0v) is 9.49. The fourth-order valence-corrected chi connectivity index (χ4v) is 1.80. The van der Waals surface area contributed by atoms with Gasteiger partial charge >= 0.3 is 6.09 Å². The van der Waals surface area contributed by atoms with E-state index in [4.69, 9.17) is 9.84 Å². The van der Waals surface area contributed by atoms with Gasteiger partial charge in [0.25, 0.3) is 0 Å². The second-order valence-electron chi connectivity index (χ2n) is 3.71. The molecule has 0 aliphatic heterocycles. The molecule has 0 spiro atoms. The van der Waals surface area contributed by atoms with Crippen molar-refractivity contribution < 1.29 is 14.6 Å². The van der Waals surface area contributed by atoms with Crippen LogP contribution in [0.2, 0.25) is 0 Å². The van der Waals surface area contributed by atoms with E-state index in [1.807, 2.05) is 24.4 Å². The first-order valence-electron chi connectivity index (χ1n) is 5.31. The third-order valence-corrected chi connectivity index (χ3v) is 2.65. The molecule has 5 heteroatoms. The molecule has 1 aromatic carbocycles. The first-order chi connectivity index (χ1) is 8.20. The van der Waals surface area contributed by atoms with Gasteiger partial charge in [-0.25, -0.2) is 4.79 Å². The average molecular weight is 234 g/mol. The summed E-state index contributed by atoms with van der Waals surface area (Å²) in [4.78, 5) is 13.5. The fraction of sp³-hybridized carbons (Fsp3) is 0.250. The molecule has 1 aromatic heterocycles. The molecule has 17 heavy (non-hydrogen) atoms. The van der Waals surface area contributed by atoms with Crippen molar-refractivity contribution in [1.29, 1.82) is 0 Å². The lowest BCUT2D eigenvalue weighted by atomic mass is 10.1. The molecule has 5 nitrogen and oxygen atoms in total. The quantitative estimate of drug-likeness (QED) is 0.757. The Kier molecular flexibility index (Phi) is 3.18. The predicted octanol–water partition coefficient (Wildman–Crippen LogP) is 1.99. The zero-order valence-electron chi connectivity index (χ0n) is 9.49. The van der Waals surface area contributed by atoms with Crippen LogP contribution in [0.3, 0.4) is 0 Å². The van der Waals surface area contributed by atoms with Gasteiger partial charge in [0.1, 0.15) is 5.75 Å². The summed E-state index contributed by atoms with van der Waals surface area (Å²) >= 11 is 0. The molecule has 0 bridgehead atoms. The van der Waals surface area contributed by atoms with Gasteiger partial charge < -0.3 is 20.1 Å². The van der Waals surface area contributed by atoms with Crippen molar-refractivity contribution >= 4 is 17.0 Å². The Labute approximate surface area is 98.4 Å². The molecule has 0 saturated heterocycles. The second kappa shape index (κ2) is 4.78. The number of nitrogens with one attached hydrogen (secondary N) is 2. The molecule has 0 unspecified atom stereocenters. The van der Waals surface area contributed by atoms with Gasteiger partial charge in [0.15, 0.2) is 0 Å². The van der Waals surface area contributed by atoms with Gasteiger partial charge in [-0.15, -0.1) is 0 Å². The molecule has 0 fully saturated rings. The molecule has 0 atom stereocenters. The molecule has 90 valence electrons. The summed E-state index contributed by atoms with van der Waals surface area (Å²) < 4.78 is 5.17. The van der Waals surface area contributed by atoms with Crippen LogP contribution in [0, 0.1) is 0 Å². The fourth-order valence-electron chi connectivity index (χ4n) is 1.80. The first kappa shape index (κ1) is 11.3. The smallest absolute Gasteiger partial charge is 0.404 e. The summed E-state index contributed by atoms with van der Waals surface area (Å²) in [5.74, 6) is 0.796. The van der Waals surface area contributed by atoms with E-state index in [9.17, 15) is 4.79 Å². The van der Waals surface area contributed by atoms with Crippen molar-refractivity contribution in [1.82, 2.24) is 10.3 Å². The van der Waals surface area contributed by atoms with E-state index in [1.165, 1.54) is 0 Å². The summed E-state index contributed by atoms with van der Waals surface area (Å²) in [6, 6.07) is 5.78. The lowest BCUT2D eigenvalue weighted by Crippen LogP contribution is -2.23. The van der Waals surface area contributed by atoms with Crippen LogP contribution in [0.25, 0.3) is 10.9 Å². The third kappa shape index (κ3) is 2.50. The highest BCUT2D eigenvalue weighted by Gasteiger charge is 2.05. The Morgan fingerprint density at radius 1 is 1.53 bits per heavy atom. The number of fused-ring (bicyclic) bond motifs is 1. The van der Waals surface area contributed by atoms with Crippen LogP contribution in [0.4, 0.5) is 4.79 Å². The minimum Gasteiger partial charge on any atom is -0.497 e. The van der Waals surface area contributed by atoms with Crippen LogP contribution in [-0.2, 0) is 6.42 Å². The summed E-state index contributed by atoms with van der Waals surface area (Å²) in [6.45, 7) is 0.402. The molecular formula is C12H14N2O3. The summed E-state index contributed by atoms with van der Waals surface area (Å²) in [5.41, 5.74) is 2.10. The maximum absolute atomic E-state index is 10.4. The molecule has 2 aromatic rings. The van der Waals surface area contributed by atoms with E-state index in [0.29, 0.717) is 13.0 Å². The van der Waals surface area contributed by atoms with Gasteiger partial charge in [-0.05, 0) is 30.2 Å². The largest absolute Gasteiger partial charge is 0.497 e. The number of carboxylic acid groups (broad SMARTS) is 1. The van der Waals surface area contributed by atoms with Crippen molar-refractivity contribution in [3.8, 4) is 5.75 Å². The van der Waals surface area contributed by atoms with Gasteiger partial charge in [0.05, 0.1) is 7.11 Å². The van der Waals surface area contributed by atoms with Crippen molar-refractivity contribution in [2.75, 3.05) is 13.7 Å². The van der Waals surface area contributed by atoms with Crippen LogP contribution in [0.1, 0.15) is 5.56 Å². The maximum Gasteiger partial charge on any atom is 0.404 e. The van der Waals surface area contributed by atoms with Crippen LogP contribution < -0.4 is 10.1 Å². The van der Waals surface area contributed by atoms with Gasteiger partial charge in [0.2, 0.25) is 0 Å². The van der Waals surface area contributed by atoms with Crippen LogP contribution in [-0.4, -0.2) is 29.8 Å². The van der Waals surface area contributed by atoms with Gasteiger partial charge in [0, 0.05) is 23.6 Å². The van der Waals surface area contributed by atoms with Crippen molar-refractivity contribution in [3.05, 3.63) is 30.0 Å². The topological polar surface area (TPSA) is 74.3 Å². The first-order valence-corrected chi connectivity index (χ1v) is 5.31. The predicted molar refractivity (Wildman–Crippen MR) is 64.6 cm³/mol. The number of aromatic nitrogens is 1. The number of methoxy groups -OCH3 is 1. The molecule has 0 radical (unpaired) electrons. The molecule has 1 amide bonds. The molecule has 1 heterocycles. The van der Waals surface area contributed by atoms with Crippen LogP contribution in [0.5, 0.6) is 5.75 Å². The molecule has 0 saturated carbocycles. The lowest BCUT2D eigenvalue weighted by Gasteiger charge is -2.02. The Morgan fingerprint density at radius 3 is 3.06 bits per heavy atom. The minimum atomic E-state index is -0.998. The molecular weight excluding hydrogens is 220 g/mol. The Hall–Kier alpha value is -2.17. The summed E-state index contributed by atoms with van der Waals surface area (Å²) in [7, 11) is 1.62. The summed E-state index contributed by atoms with van der Waals surface area (Å²) in [6.07, 6.45) is 1.55. The zero-order chi connectivity index (χ0) is 12.3. The Balaban J connectivity index is 2.19. The van der Waals surface area contributed by atoms with E-state index in [-0.39, 0.29) is 0 Å². The van der Waals surface area contributed by atoms with Gasteiger partial charge in [-0.3, -0.25) is 0 Å². The standard InChI is InChI=1S/C12H14N2O3/c1-17-9-2-3-11-10(6-9)8(7-14-11)4-5-13-12(15)16/h2-3,6-7,13-14H,4-5H2,1H3,(H,15,16). The van der Waals surface area contributed by atoms with E-state index in [0.717, 1.165) is 22.2 Å². The van der Waals surface area contributed by atoms with E-state index >= 15 is 0 Å².